The number of hydrogen-bond donors (Lipinski definition) is 1. The van der Waals surface area contributed by atoms with Crippen molar-refractivity contribution in [1.82, 2.24) is 4.90 Å². The van der Waals surface area contributed by atoms with Gasteiger partial charge in [0, 0.05) is 19.0 Å². The lowest BCUT2D eigenvalue weighted by atomic mass is 9.99. The molecular formula is C18H21NO2. The maximum Gasteiger partial charge on any atom is 0.303 e. The fourth-order valence-corrected chi connectivity index (χ4v) is 3.44. The van der Waals surface area contributed by atoms with E-state index in [0.717, 1.165) is 19.5 Å². The molecule has 0 aliphatic carbocycles. The molecule has 2 unspecified atom stereocenters. The van der Waals surface area contributed by atoms with Crippen LogP contribution in [-0.2, 0) is 4.79 Å². The lowest BCUT2D eigenvalue weighted by molar-refractivity contribution is -0.138. The van der Waals surface area contributed by atoms with Crippen LogP contribution in [0.3, 0.4) is 0 Å². The van der Waals surface area contributed by atoms with Crippen molar-refractivity contribution in [1.29, 1.82) is 0 Å². The van der Waals surface area contributed by atoms with E-state index in [4.69, 9.17) is 5.11 Å². The molecular weight excluding hydrogens is 262 g/mol. The van der Waals surface area contributed by atoms with Gasteiger partial charge in [0.05, 0.1) is 0 Å². The number of aliphatic carboxylic acids is 1. The first-order chi connectivity index (χ1) is 10.1. The van der Waals surface area contributed by atoms with E-state index in [1.807, 2.05) is 0 Å². The van der Waals surface area contributed by atoms with Gasteiger partial charge in [0.25, 0.3) is 0 Å². The van der Waals surface area contributed by atoms with E-state index >= 15 is 0 Å². The Hall–Kier alpha value is -1.87. The summed E-state index contributed by atoms with van der Waals surface area (Å²) in [5.74, 6) is -0.389. The highest BCUT2D eigenvalue weighted by atomic mass is 16.4. The minimum Gasteiger partial charge on any atom is -0.481 e. The fraction of sp³-hybridized carbons (Fsp3) is 0.389. The Kier molecular flexibility index (Phi) is 3.93. The average molecular weight is 283 g/mol. The molecule has 1 aliphatic heterocycles. The molecule has 0 radical (unpaired) electrons. The number of carboxylic acid groups (broad SMARTS) is 1. The number of benzene rings is 2. The average Bonchev–Trinajstić information content (AvgIpc) is 2.93. The van der Waals surface area contributed by atoms with Crippen LogP contribution in [0.1, 0.15) is 31.4 Å². The van der Waals surface area contributed by atoms with Gasteiger partial charge in [-0.1, -0.05) is 42.5 Å². The highest BCUT2D eigenvalue weighted by Crippen LogP contribution is 2.32. The molecule has 3 heteroatoms. The minimum atomic E-state index is -0.681. The van der Waals surface area contributed by atoms with E-state index in [1.165, 1.54) is 16.3 Å². The number of likely N-dealkylation sites (tertiary alicyclic amines) is 1. The van der Waals surface area contributed by atoms with E-state index in [0.29, 0.717) is 18.4 Å². The zero-order chi connectivity index (χ0) is 14.8. The van der Waals surface area contributed by atoms with Crippen LogP contribution >= 0.6 is 0 Å². The summed E-state index contributed by atoms with van der Waals surface area (Å²) >= 11 is 0. The maximum atomic E-state index is 10.9. The number of fused-ring (bicyclic) bond motifs is 1. The number of nitrogens with zero attached hydrogens (tertiary/aromatic N) is 1. The molecule has 0 aromatic heterocycles. The second-order valence-corrected chi connectivity index (χ2v) is 5.99. The third-order valence-electron chi connectivity index (χ3n) is 4.60. The third-order valence-corrected chi connectivity index (χ3v) is 4.60. The summed E-state index contributed by atoms with van der Waals surface area (Å²) in [4.78, 5) is 13.3. The van der Waals surface area contributed by atoms with Crippen LogP contribution < -0.4 is 0 Å². The van der Waals surface area contributed by atoms with Gasteiger partial charge in [0.15, 0.2) is 0 Å². The molecule has 2 atom stereocenters. The normalized spacial score (nSPS) is 20.7. The third kappa shape index (κ3) is 2.93. The molecule has 0 spiro atoms. The molecule has 3 rings (SSSR count). The van der Waals surface area contributed by atoms with Crippen LogP contribution in [0.4, 0.5) is 0 Å². The Morgan fingerprint density at radius 3 is 2.86 bits per heavy atom. The summed E-state index contributed by atoms with van der Waals surface area (Å²) in [6.45, 7) is 4.10. The Balaban J connectivity index is 1.81. The Morgan fingerprint density at radius 2 is 2.05 bits per heavy atom. The summed E-state index contributed by atoms with van der Waals surface area (Å²) in [6, 6.07) is 15.2. The Bertz CT molecular complexity index is 647. The molecule has 1 N–H and O–H groups in total. The second kappa shape index (κ2) is 5.86. The van der Waals surface area contributed by atoms with Crippen LogP contribution in [0.15, 0.2) is 42.5 Å². The van der Waals surface area contributed by atoms with Gasteiger partial charge in [-0.05, 0) is 42.1 Å². The van der Waals surface area contributed by atoms with Crippen molar-refractivity contribution in [3.05, 3.63) is 48.0 Å². The number of carbonyl (C=O) groups is 1. The molecule has 21 heavy (non-hydrogen) atoms. The predicted octanol–water partition coefficient (Wildman–Crippen LogP) is 3.70. The highest BCUT2D eigenvalue weighted by molar-refractivity contribution is 5.86. The zero-order valence-corrected chi connectivity index (χ0v) is 12.3. The number of carboxylic acids is 1. The van der Waals surface area contributed by atoms with Crippen molar-refractivity contribution < 1.29 is 9.90 Å². The standard InChI is InChI=1S/C18H21NO2/c1-13(19-10-9-14(12-19)11-18(20)21)16-8-4-6-15-5-2-3-7-17(15)16/h2-8,13-14H,9-12H2,1H3,(H,20,21). The first-order valence-corrected chi connectivity index (χ1v) is 7.58. The van der Waals surface area contributed by atoms with Crippen molar-refractivity contribution in [2.45, 2.75) is 25.8 Å². The summed E-state index contributed by atoms with van der Waals surface area (Å²) in [5.41, 5.74) is 1.34. The van der Waals surface area contributed by atoms with Crippen LogP contribution in [0.25, 0.3) is 10.8 Å². The largest absolute Gasteiger partial charge is 0.481 e. The second-order valence-electron chi connectivity index (χ2n) is 5.99. The summed E-state index contributed by atoms with van der Waals surface area (Å²) < 4.78 is 0. The van der Waals surface area contributed by atoms with Crippen molar-refractivity contribution in [3.8, 4) is 0 Å². The van der Waals surface area contributed by atoms with Gasteiger partial charge < -0.3 is 5.11 Å². The van der Waals surface area contributed by atoms with Gasteiger partial charge in [0.2, 0.25) is 0 Å². The van der Waals surface area contributed by atoms with Gasteiger partial charge in [-0.2, -0.15) is 0 Å². The molecule has 1 saturated heterocycles. The quantitative estimate of drug-likeness (QED) is 0.930. The zero-order valence-electron chi connectivity index (χ0n) is 12.3. The summed E-state index contributed by atoms with van der Waals surface area (Å²) in [7, 11) is 0. The fourth-order valence-electron chi connectivity index (χ4n) is 3.44. The van der Waals surface area contributed by atoms with Crippen LogP contribution in [0.5, 0.6) is 0 Å². The van der Waals surface area contributed by atoms with E-state index in [2.05, 4.69) is 54.3 Å². The Labute approximate surface area is 125 Å². The van der Waals surface area contributed by atoms with Gasteiger partial charge >= 0.3 is 5.97 Å². The molecule has 1 heterocycles. The van der Waals surface area contributed by atoms with Crippen molar-refractivity contribution >= 4 is 16.7 Å². The van der Waals surface area contributed by atoms with Crippen molar-refractivity contribution in [3.63, 3.8) is 0 Å². The molecule has 110 valence electrons. The van der Waals surface area contributed by atoms with E-state index in [1.54, 1.807) is 0 Å². The maximum absolute atomic E-state index is 10.9. The molecule has 2 aromatic carbocycles. The summed E-state index contributed by atoms with van der Waals surface area (Å²) in [6.07, 6.45) is 1.28. The molecule has 0 bridgehead atoms. The lowest BCUT2D eigenvalue weighted by Gasteiger charge is -2.26. The topological polar surface area (TPSA) is 40.5 Å². The van der Waals surface area contributed by atoms with Crippen molar-refractivity contribution in [2.24, 2.45) is 5.92 Å². The van der Waals surface area contributed by atoms with E-state index < -0.39 is 5.97 Å². The van der Waals surface area contributed by atoms with Crippen LogP contribution in [0.2, 0.25) is 0 Å². The summed E-state index contributed by atoms with van der Waals surface area (Å²) in [5, 5.41) is 11.5. The minimum absolute atomic E-state index is 0.290. The smallest absolute Gasteiger partial charge is 0.303 e. The number of rotatable bonds is 4. The van der Waals surface area contributed by atoms with Crippen LogP contribution in [0, 0.1) is 5.92 Å². The predicted molar refractivity (Wildman–Crippen MR) is 84.3 cm³/mol. The first-order valence-electron chi connectivity index (χ1n) is 7.58. The Morgan fingerprint density at radius 1 is 1.29 bits per heavy atom. The van der Waals surface area contributed by atoms with Crippen molar-refractivity contribution in [2.75, 3.05) is 13.1 Å². The van der Waals surface area contributed by atoms with E-state index in [-0.39, 0.29) is 0 Å². The molecule has 2 aromatic rings. The molecule has 1 fully saturated rings. The van der Waals surface area contributed by atoms with Gasteiger partial charge in [-0.3, -0.25) is 9.69 Å². The molecule has 0 saturated carbocycles. The monoisotopic (exact) mass is 283 g/mol. The molecule has 3 nitrogen and oxygen atoms in total. The van der Waals surface area contributed by atoms with Gasteiger partial charge in [-0.25, -0.2) is 0 Å². The first kappa shape index (κ1) is 14.1. The SMILES string of the molecule is CC(c1cccc2ccccc12)N1CCC(CC(=O)O)C1. The lowest BCUT2D eigenvalue weighted by Crippen LogP contribution is -2.25. The molecule has 1 aliphatic rings. The van der Waals surface area contributed by atoms with Gasteiger partial charge in [-0.15, -0.1) is 0 Å². The van der Waals surface area contributed by atoms with Crippen LogP contribution in [-0.4, -0.2) is 29.1 Å². The van der Waals surface area contributed by atoms with E-state index in [9.17, 15) is 4.79 Å². The molecule has 0 amide bonds. The van der Waals surface area contributed by atoms with Gasteiger partial charge in [0.1, 0.15) is 0 Å². The number of hydrogen-bond acceptors (Lipinski definition) is 2. The highest BCUT2D eigenvalue weighted by Gasteiger charge is 2.28.